The minimum atomic E-state index is -4.35. The SMILES string of the molecule is CCCC(N)=Nc1ccc(C)c(C(F)(F)F)c1. The van der Waals surface area contributed by atoms with E-state index in [9.17, 15) is 13.2 Å². The Kier molecular flexibility index (Phi) is 4.15. The summed E-state index contributed by atoms with van der Waals surface area (Å²) >= 11 is 0. The van der Waals surface area contributed by atoms with E-state index < -0.39 is 11.7 Å². The van der Waals surface area contributed by atoms with E-state index >= 15 is 0 Å². The van der Waals surface area contributed by atoms with Gasteiger partial charge in [0.2, 0.25) is 0 Å². The fourth-order valence-electron chi connectivity index (χ4n) is 1.46. The molecule has 0 fully saturated rings. The van der Waals surface area contributed by atoms with E-state index in [0.717, 1.165) is 12.5 Å². The van der Waals surface area contributed by atoms with Crippen molar-refractivity contribution < 1.29 is 13.2 Å². The summed E-state index contributed by atoms with van der Waals surface area (Å²) in [6, 6.07) is 3.96. The highest BCUT2D eigenvalue weighted by atomic mass is 19.4. The molecule has 0 aliphatic rings. The van der Waals surface area contributed by atoms with E-state index in [1.54, 1.807) is 0 Å². The van der Waals surface area contributed by atoms with E-state index in [4.69, 9.17) is 5.73 Å². The number of nitrogens with zero attached hydrogens (tertiary/aromatic N) is 1. The van der Waals surface area contributed by atoms with Crippen molar-refractivity contribution in [2.45, 2.75) is 32.9 Å². The zero-order valence-electron chi connectivity index (χ0n) is 9.80. The molecule has 0 unspecified atom stereocenters. The third kappa shape index (κ3) is 3.76. The smallest absolute Gasteiger partial charge is 0.387 e. The molecule has 0 saturated carbocycles. The van der Waals surface area contributed by atoms with Crippen LogP contribution in [0.4, 0.5) is 18.9 Å². The zero-order valence-corrected chi connectivity index (χ0v) is 9.80. The molecule has 0 aromatic heterocycles. The van der Waals surface area contributed by atoms with Gasteiger partial charge in [0.05, 0.1) is 17.1 Å². The number of aryl methyl sites for hydroxylation is 1. The maximum Gasteiger partial charge on any atom is 0.416 e. The first-order valence-corrected chi connectivity index (χ1v) is 5.35. The van der Waals surface area contributed by atoms with Crippen LogP contribution in [0.3, 0.4) is 0 Å². The van der Waals surface area contributed by atoms with Crippen molar-refractivity contribution in [2.75, 3.05) is 0 Å². The summed E-state index contributed by atoms with van der Waals surface area (Å²) in [6.45, 7) is 3.35. The quantitative estimate of drug-likeness (QED) is 0.637. The zero-order chi connectivity index (χ0) is 13.1. The lowest BCUT2D eigenvalue weighted by molar-refractivity contribution is -0.138. The van der Waals surface area contributed by atoms with E-state index in [-0.39, 0.29) is 11.3 Å². The van der Waals surface area contributed by atoms with E-state index in [2.05, 4.69) is 4.99 Å². The van der Waals surface area contributed by atoms with Gasteiger partial charge >= 0.3 is 6.18 Å². The molecule has 94 valence electrons. The first kappa shape index (κ1) is 13.5. The Labute approximate surface area is 98.4 Å². The third-order valence-electron chi connectivity index (χ3n) is 2.31. The van der Waals surface area contributed by atoms with Gasteiger partial charge in [0.15, 0.2) is 0 Å². The minimum absolute atomic E-state index is 0.186. The minimum Gasteiger partial charge on any atom is -0.387 e. The van der Waals surface area contributed by atoms with Crippen LogP contribution in [-0.4, -0.2) is 5.84 Å². The van der Waals surface area contributed by atoms with Gasteiger partial charge in [0.1, 0.15) is 0 Å². The summed E-state index contributed by atoms with van der Waals surface area (Å²) in [6.07, 6.45) is -2.96. The molecule has 5 heteroatoms. The molecule has 0 amide bonds. The van der Waals surface area contributed by atoms with Crippen LogP contribution in [0.1, 0.15) is 30.9 Å². The van der Waals surface area contributed by atoms with Gasteiger partial charge in [-0.05, 0) is 31.0 Å². The van der Waals surface area contributed by atoms with Gasteiger partial charge in [-0.3, -0.25) is 0 Å². The molecule has 1 aromatic carbocycles. The Morgan fingerprint density at radius 2 is 2.00 bits per heavy atom. The topological polar surface area (TPSA) is 38.4 Å². The molecule has 2 N–H and O–H groups in total. The normalized spacial score (nSPS) is 12.9. The standard InChI is InChI=1S/C12H15F3N2/c1-3-4-11(16)17-9-6-5-8(2)10(7-9)12(13,14)15/h5-7H,3-4H2,1-2H3,(H2,16,17). The summed E-state index contributed by atoms with van der Waals surface area (Å²) in [4.78, 5) is 3.96. The molecular formula is C12H15F3N2. The molecule has 0 aliphatic carbocycles. The predicted octanol–water partition coefficient (Wildman–Crippen LogP) is 3.80. The van der Waals surface area contributed by atoms with Crippen LogP contribution in [0.5, 0.6) is 0 Å². The predicted molar refractivity (Wildman–Crippen MR) is 62.4 cm³/mol. The van der Waals surface area contributed by atoms with Crippen molar-refractivity contribution in [3.8, 4) is 0 Å². The van der Waals surface area contributed by atoms with Crippen LogP contribution in [0, 0.1) is 6.92 Å². The molecule has 1 aromatic rings. The van der Waals surface area contributed by atoms with Crippen molar-refractivity contribution in [2.24, 2.45) is 10.7 Å². The first-order chi connectivity index (χ1) is 7.84. The van der Waals surface area contributed by atoms with E-state index in [0.29, 0.717) is 12.3 Å². The van der Waals surface area contributed by atoms with Gasteiger partial charge in [-0.15, -0.1) is 0 Å². The third-order valence-corrected chi connectivity index (χ3v) is 2.31. The second kappa shape index (κ2) is 5.21. The lowest BCUT2D eigenvalue weighted by Crippen LogP contribution is -2.10. The maximum atomic E-state index is 12.6. The van der Waals surface area contributed by atoms with Gasteiger partial charge < -0.3 is 5.73 Å². The summed E-state index contributed by atoms with van der Waals surface area (Å²) in [7, 11) is 0. The van der Waals surface area contributed by atoms with Gasteiger partial charge in [-0.1, -0.05) is 13.0 Å². The molecule has 0 atom stereocenters. The fourth-order valence-corrected chi connectivity index (χ4v) is 1.46. The number of hydrogen-bond acceptors (Lipinski definition) is 1. The number of aliphatic imine (C=N–C) groups is 1. The van der Waals surface area contributed by atoms with Crippen molar-refractivity contribution in [1.82, 2.24) is 0 Å². The molecule has 0 aliphatic heterocycles. The fraction of sp³-hybridized carbons (Fsp3) is 0.417. The maximum absolute atomic E-state index is 12.6. The summed E-state index contributed by atoms with van der Waals surface area (Å²) in [5, 5.41) is 0. The molecular weight excluding hydrogens is 229 g/mol. The number of halogens is 3. The summed E-state index contributed by atoms with van der Waals surface area (Å²) < 4.78 is 37.9. The van der Waals surface area contributed by atoms with Crippen LogP contribution >= 0.6 is 0 Å². The molecule has 1 rings (SSSR count). The summed E-state index contributed by atoms with van der Waals surface area (Å²) in [5.74, 6) is 0.351. The molecule has 0 radical (unpaired) electrons. The van der Waals surface area contributed by atoms with Crippen molar-refractivity contribution in [1.29, 1.82) is 0 Å². The van der Waals surface area contributed by atoms with Gasteiger partial charge in [-0.2, -0.15) is 13.2 Å². The Morgan fingerprint density at radius 3 is 2.53 bits per heavy atom. The highest BCUT2D eigenvalue weighted by molar-refractivity contribution is 5.83. The van der Waals surface area contributed by atoms with Crippen molar-refractivity contribution >= 4 is 11.5 Å². The second-order valence-electron chi connectivity index (χ2n) is 3.85. The highest BCUT2D eigenvalue weighted by Crippen LogP contribution is 2.34. The van der Waals surface area contributed by atoms with Gasteiger partial charge in [0, 0.05) is 6.42 Å². The molecule has 0 saturated heterocycles. The Bertz CT molecular complexity index is 422. The number of nitrogens with two attached hydrogens (primary N) is 1. The number of hydrogen-bond donors (Lipinski definition) is 1. The lowest BCUT2D eigenvalue weighted by Gasteiger charge is -2.10. The average molecular weight is 244 g/mol. The van der Waals surface area contributed by atoms with Crippen LogP contribution < -0.4 is 5.73 Å². The van der Waals surface area contributed by atoms with Crippen LogP contribution in [0.25, 0.3) is 0 Å². The summed E-state index contributed by atoms with van der Waals surface area (Å²) in [5.41, 5.74) is 5.35. The Morgan fingerprint density at radius 1 is 1.35 bits per heavy atom. The number of benzene rings is 1. The average Bonchev–Trinajstić information content (AvgIpc) is 2.19. The largest absolute Gasteiger partial charge is 0.416 e. The molecule has 0 spiro atoms. The Balaban J connectivity index is 3.09. The first-order valence-electron chi connectivity index (χ1n) is 5.35. The molecule has 0 bridgehead atoms. The van der Waals surface area contributed by atoms with E-state index in [1.807, 2.05) is 6.92 Å². The number of rotatable bonds is 3. The van der Waals surface area contributed by atoms with Crippen LogP contribution in [0.15, 0.2) is 23.2 Å². The van der Waals surface area contributed by atoms with Crippen molar-refractivity contribution in [3.63, 3.8) is 0 Å². The second-order valence-corrected chi connectivity index (χ2v) is 3.85. The van der Waals surface area contributed by atoms with Crippen molar-refractivity contribution in [3.05, 3.63) is 29.3 Å². The molecule has 0 heterocycles. The number of alkyl halides is 3. The van der Waals surface area contributed by atoms with Gasteiger partial charge in [-0.25, -0.2) is 4.99 Å². The highest BCUT2D eigenvalue weighted by Gasteiger charge is 2.32. The lowest BCUT2D eigenvalue weighted by atomic mass is 10.1. The molecule has 17 heavy (non-hydrogen) atoms. The Hall–Kier alpha value is -1.52. The van der Waals surface area contributed by atoms with Crippen LogP contribution in [0.2, 0.25) is 0 Å². The van der Waals surface area contributed by atoms with Gasteiger partial charge in [0.25, 0.3) is 0 Å². The number of amidine groups is 1. The van der Waals surface area contributed by atoms with E-state index in [1.165, 1.54) is 19.1 Å². The molecule has 2 nitrogen and oxygen atoms in total. The van der Waals surface area contributed by atoms with Crippen LogP contribution in [-0.2, 0) is 6.18 Å². The monoisotopic (exact) mass is 244 g/mol.